The number of hydrogen-bond donors (Lipinski definition) is 3. The first-order valence-corrected chi connectivity index (χ1v) is 6.04. The van der Waals surface area contributed by atoms with Crippen molar-refractivity contribution in [3.8, 4) is 0 Å². The fourth-order valence-corrected chi connectivity index (χ4v) is 1.92. The van der Waals surface area contributed by atoms with Crippen molar-refractivity contribution in [3.63, 3.8) is 0 Å². The number of aromatic nitrogens is 1. The Labute approximate surface area is 115 Å². The first kappa shape index (κ1) is 14.0. The molecule has 0 unspecified atom stereocenters. The number of pyridine rings is 1. The van der Waals surface area contributed by atoms with Crippen LogP contribution in [0, 0.1) is 6.92 Å². The van der Waals surface area contributed by atoms with Crippen molar-refractivity contribution in [1.29, 1.82) is 0 Å². The molecule has 104 valence electrons. The number of benzene rings is 1. The lowest BCUT2D eigenvalue weighted by molar-refractivity contribution is -0.140. The highest BCUT2D eigenvalue weighted by Gasteiger charge is 2.21. The zero-order valence-corrected chi connectivity index (χ0v) is 10.8. The Bertz CT molecular complexity index is 669. The van der Waals surface area contributed by atoms with Crippen molar-refractivity contribution in [2.24, 2.45) is 0 Å². The molecule has 0 aliphatic heterocycles. The van der Waals surface area contributed by atoms with E-state index in [2.05, 4.69) is 10.3 Å². The number of aliphatic carboxylic acids is 1. The Balaban J connectivity index is 2.41. The minimum atomic E-state index is -1.32. The Morgan fingerprint density at radius 1 is 1.35 bits per heavy atom. The van der Waals surface area contributed by atoms with E-state index in [1.54, 1.807) is 31.2 Å². The van der Waals surface area contributed by atoms with Crippen molar-refractivity contribution in [1.82, 2.24) is 10.3 Å². The van der Waals surface area contributed by atoms with E-state index in [1.807, 2.05) is 6.07 Å². The lowest BCUT2D eigenvalue weighted by Gasteiger charge is -2.13. The Morgan fingerprint density at radius 3 is 2.70 bits per heavy atom. The molecule has 0 saturated heterocycles. The summed E-state index contributed by atoms with van der Waals surface area (Å²) in [7, 11) is 0. The molecule has 2 aromatic rings. The highest BCUT2D eigenvalue weighted by molar-refractivity contribution is 6.07. The first-order valence-electron chi connectivity index (χ1n) is 6.04. The number of carbonyl (C=O) groups is 2. The van der Waals surface area contributed by atoms with Gasteiger partial charge in [0.1, 0.15) is 0 Å². The molecule has 0 bridgehead atoms. The molecule has 0 fully saturated rings. The van der Waals surface area contributed by atoms with E-state index in [-0.39, 0.29) is 0 Å². The van der Waals surface area contributed by atoms with Crippen molar-refractivity contribution in [2.75, 3.05) is 6.61 Å². The molecule has 6 nitrogen and oxygen atoms in total. The van der Waals surface area contributed by atoms with Crippen LogP contribution in [-0.2, 0) is 4.79 Å². The summed E-state index contributed by atoms with van der Waals surface area (Å²) in [6, 6.07) is 7.37. The third kappa shape index (κ3) is 2.75. The van der Waals surface area contributed by atoms with Crippen LogP contribution in [0.5, 0.6) is 0 Å². The number of carboxylic acid groups (broad SMARTS) is 1. The molecule has 0 radical (unpaired) electrons. The van der Waals surface area contributed by atoms with Gasteiger partial charge in [0.05, 0.1) is 17.7 Å². The van der Waals surface area contributed by atoms with Crippen LogP contribution < -0.4 is 5.32 Å². The van der Waals surface area contributed by atoms with Gasteiger partial charge in [-0.05, 0) is 19.1 Å². The molecule has 1 atom stereocenters. The van der Waals surface area contributed by atoms with Crippen LogP contribution in [0.2, 0.25) is 0 Å². The van der Waals surface area contributed by atoms with E-state index in [1.165, 1.54) is 0 Å². The third-order valence-corrected chi connectivity index (χ3v) is 2.87. The molecule has 0 spiro atoms. The van der Waals surface area contributed by atoms with Gasteiger partial charge in [0.25, 0.3) is 5.91 Å². The van der Waals surface area contributed by atoms with Gasteiger partial charge in [-0.3, -0.25) is 9.78 Å². The van der Waals surface area contributed by atoms with Crippen molar-refractivity contribution < 1.29 is 19.8 Å². The second kappa shape index (κ2) is 5.66. The normalized spacial score (nSPS) is 12.1. The van der Waals surface area contributed by atoms with Gasteiger partial charge in [-0.1, -0.05) is 18.2 Å². The lowest BCUT2D eigenvalue weighted by Crippen LogP contribution is -2.43. The summed E-state index contributed by atoms with van der Waals surface area (Å²) < 4.78 is 0. The first-order chi connectivity index (χ1) is 9.52. The maximum Gasteiger partial charge on any atom is 0.328 e. The molecular formula is C14H14N2O4. The molecule has 0 aliphatic rings. The number of hydrogen-bond acceptors (Lipinski definition) is 4. The SMILES string of the molecule is Cc1cc(C(=O)N[C@@H](CO)C(=O)O)c2ccccc2n1. The van der Waals surface area contributed by atoms with Gasteiger partial charge >= 0.3 is 5.97 Å². The fraction of sp³-hybridized carbons (Fsp3) is 0.214. The third-order valence-electron chi connectivity index (χ3n) is 2.87. The summed E-state index contributed by atoms with van der Waals surface area (Å²) in [5.74, 6) is -1.83. The minimum absolute atomic E-state index is 0.341. The van der Waals surface area contributed by atoms with E-state index in [0.717, 1.165) is 0 Å². The van der Waals surface area contributed by atoms with Crippen molar-refractivity contribution in [2.45, 2.75) is 13.0 Å². The molecule has 0 saturated carbocycles. The molecule has 0 aliphatic carbocycles. The second-order valence-corrected chi connectivity index (χ2v) is 4.38. The Morgan fingerprint density at radius 2 is 2.05 bits per heavy atom. The maximum atomic E-state index is 12.2. The van der Waals surface area contributed by atoms with Gasteiger partial charge in [-0.2, -0.15) is 0 Å². The van der Waals surface area contributed by atoms with E-state index >= 15 is 0 Å². The molecule has 2 rings (SSSR count). The number of para-hydroxylation sites is 1. The highest BCUT2D eigenvalue weighted by Crippen LogP contribution is 2.18. The summed E-state index contributed by atoms with van der Waals surface area (Å²) in [5.41, 5.74) is 1.66. The summed E-state index contributed by atoms with van der Waals surface area (Å²) in [6.07, 6.45) is 0. The molecule has 1 aromatic carbocycles. The Kier molecular flexibility index (Phi) is 3.95. The fourth-order valence-electron chi connectivity index (χ4n) is 1.92. The molecule has 1 amide bonds. The van der Waals surface area contributed by atoms with Gasteiger partial charge in [0.2, 0.25) is 0 Å². The van der Waals surface area contributed by atoms with Crippen molar-refractivity contribution in [3.05, 3.63) is 41.6 Å². The molecule has 20 heavy (non-hydrogen) atoms. The number of fused-ring (bicyclic) bond motifs is 1. The van der Waals surface area contributed by atoms with Gasteiger partial charge in [-0.25, -0.2) is 4.79 Å². The molecule has 1 heterocycles. The van der Waals surface area contributed by atoms with Gasteiger partial charge in [-0.15, -0.1) is 0 Å². The predicted octanol–water partition coefficient (Wildman–Crippen LogP) is 0.719. The average molecular weight is 274 g/mol. The quantitative estimate of drug-likeness (QED) is 0.762. The van der Waals surface area contributed by atoms with E-state index in [9.17, 15) is 9.59 Å². The average Bonchev–Trinajstić information content (AvgIpc) is 2.43. The van der Waals surface area contributed by atoms with Crippen molar-refractivity contribution >= 4 is 22.8 Å². The van der Waals surface area contributed by atoms with Gasteiger partial charge in [0, 0.05) is 11.1 Å². The van der Waals surface area contributed by atoms with Crippen LogP contribution in [-0.4, -0.2) is 39.7 Å². The number of carboxylic acids is 1. The summed E-state index contributed by atoms with van der Waals surface area (Å²) >= 11 is 0. The minimum Gasteiger partial charge on any atom is -0.480 e. The molecule has 3 N–H and O–H groups in total. The monoisotopic (exact) mass is 274 g/mol. The number of nitrogens with one attached hydrogen (secondary N) is 1. The maximum absolute atomic E-state index is 12.2. The van der Waals surface area contributed by atoms with Crippen LogP contribution in [0.15, 0.2) is 30.3 Å². The largest absolute Gasteiger partial charge is 0.480 e. The number of aryl methyl sites for hydroxylation is 1. The molecule has 1 aromatic heterocycles. The number of amides is 1. The molecular weight excluding hydrogens is 260 g/mol. The number of carbonyl (C=O) groups excluding carboxylic acids is 1. The zero-order valence-electron chi connectivity index (χ0n) is 10.8. The highest BCUT2D eigenvalue weighted by atomic mass is 16.4. The number of aliphatic hydroxyl groups excluding tert-OH is 1. The lowest BCUT2D eigenvalue weighted by atomic mass is 10.1. The van der Waals surface area contributed by atoms with Gasteiger partial charge < -0.3 is 15.5 Å². The number of aliphatic hydroxyl groups is 1. The summed E-state index contributed by atoms with van der Waals surface area (Å²) in [6.45, 7) is 1.09. The predicted molar refractivity (Wildman–Crippen MR) is 72.5 cm³/mol. The van der Waals surface area contributed by atoms with E-state index in [0.29, 0.717) is 22.2 Å². The number of rotatable bonds is 4. The van der Waals surface area contributed by atoms with Crippen LogP contribution in [0.3, 0.4) is 0 Å². The van der Waals surface area contributed by atoms with Crippen LogP contribution >= 0.6 is 0 Å². The topological polar surface area (TPSA) is 99.5 Å². The van der Waals surface area contributed by atoms with Crippen LogP contribution in [0.4, 0.5) is 0 Å². The van der Waals surface area contributed by atoms with Crippen LogP contribution in [0.1, 0.15) is 16.1 Å². The Hall–Kier alpha value is -2.47. The number of nitrogens with zero attached hydrogens (tertiary/aromatic N) is 1. The summed E-state index contributed by atoms with van der Waals surface area (Å²) in [4.78, 5) is 27.3. The zero-order chi connectivity index (χ0) is 14.7. The standard InChI is InChI=1S/C14H14N2O4/c1-8-6-10(9-4-2-3-5-11(9)15-8)13(18)16-12(7-17)14(19)20/h2-6,12,17H,7H2,1H3,(H,16,18)(H,19,20)/t12-/m0/s1. The van der Waals surface area contributed by atoms with E-state index < -0.39 is 24.5 Å². The smallest absolute Gasteiger partial charge is 0.328 e. The summed E-state index contributed by atoms with van der Waals surface area (Å²) in [5, 5.41) is 20.7. The molecule has 6 heteroatoms. The second-order valence-electron chi connectivity index (χ2n) is 4.38. The van der Waals surface area contributed by atoms with E-state index in [4.69, 9.17) is 10.2 Å². The van der Waals surface area contributed by atoms with Crippen LogP contribution in [0.25, 0.3) is 10.9 Å². The van der Waals surface area contributed by atoms with Gasteiger partial charge in [0.15, 0.2) is 6.04 Å².